The zero-order chi connectivity index (χ0) is 15.1. The van der Waals surface area contributed by atoms with Crippen LogP contribution in [0.4, 0.5) is 0 Å². The van der Waals surface area contributed by atoms with E-state index in [4.69, 9.17) is 10.4 Å². The summed E-state index contributed by atoms with van der Waals surface area (Å²) in [6.45, 7) is 1.55. The van der Waals surface area contributed by atoms with Crippen molar-refractivity contribution in [1.29, 1.82) is 5.26 Å². The van der Waals surface area contributed by atoms with Crippen LogP contribution in [0.3, 0.4) is 0 Å². The summed E-state index contributed by atoms with van der Waals surface area (Å²) in [5.41, 5.74) is 0.377. The monoisotopic (exact) mass is 276 g/mol. The lowest BCUT2D eigenvalue weighted by Crippen LogP contribution is -2.46. The molecule has 0 spiro atoms. The maximum Gasteiger partial charge on any atom is 0.326 e. The molecule has 20 heavy (non-hydrogen) atoms. The Morgan fingerprint density at radius 1 is 1.35 bits per heavy atom. The lowest BCUT2D eigenvalue weighted by Gasteiger charge is -2.21. The molecule has 0 aliphatic rings. The smallest absolute Gasteiger partial charge is 0.326 e. The number of aliphatic carboxylic acids is 1. The number of aliphatic hydroxyl groups excluding tert-OH is 1. The van der Waals surface area contributed by atoms with Crippen LogP contribution < -0.4 is 5.32 Å². The van der Waals surface area contributed by atoms with E-state index < -0.39 is 29.9 Å². The summed E-state index contributed by atoms with van der Waals surface area (Å²) < 4.78 is 0. The van der Waals surface area contributed by atoms with Gasteiger partial charge in [-0.1, -0.05) is 37.3 Å². The van der Waals surface area contributed by atoms with Crippen molar-refractivity contribution >= 4 is 11.9 Å². The quantitative estimate of drug-likeness (QED) is 0.713. The number of benzene rings is 1. The lowest BCUT2D eigenvalue weighted by molar-refractivity contribution is -0.144. The Labute approximate surface area is 116 Å². The van der Waals surface area contributed by atoms with E-state index in [1.54, 1.807) is 37.3 Å². The number of hydrogen-bond donors (Lipinski definition) is 3. The van der Waals surface area contributed by atoms with Gasteiger partial charge in [0.2, 0.25) is 0 Å². The zero-order valence-corrected chi connectivity index (χ0v) is 11.0. The number of aliphatic hydroxyl groups is 1. The Kier molecular flexibility index (Phi) is 5.69. The molecule has 6 heteroatoms. The number of nitrogens with one attached hydrogen (secondary N) is 1. The first-order chi connectivity index (χ1) is 9.47. The molecule has 1 amide bonds. The van der Waals surface area contributed by atoms with Crippen LogP contribution in [0.5, 0.6) is 0 Å². The van der Waals surface area contributed by atoms with Gasteiger partial charge in [0, 0.05) is 12.3 Å². The van der Waals surface area contributed by atoms with E-state index in [1.807, 2.05) is 6.07 Å². The van der Waals surface area contributed by atoms with Crippen molar-refractivity contribution in [3.05, 3.63) is 35.9 Å². The van der Waals surface area contributed by atoms with Crippen LogP contribution >= 0.6 is 0 Å². The molecule has 0 fully saturated rings. The van der Waals surface area contributed by atoms with Crippen LogP contribution in [0.2, 0.25) is 0 Å². The maximum atomic E-state index is 11.9. The van der Waals surface area contributed by atoms with Gasteiger partial charge in [-0.2, -0.15) is 5.26 Å². The fourth-order valence-corrected chi connectivity index (χ4v) is 1.73. The highest BCUT2D eigenvalue weighted by Gasteiger charge is 2.29. The Balaban J connectivity index is 2.77. The molecule has 0 heterocycles. The average molecular weight is 276 g/mol. The van der Waals surface area contributed by atoms with Gasteiger partial charge in [-0.3, -0.25) is 4.79 Å². The highest BCUT2D eigenvalue weighted by molar-refractivity contribution is 5.87. The minimum Gasteiger partial charge on any atom is -0.480 e. The van der Waals surface area contributed by atoms with Crippen molar-refractivity contribution in [3.63, 3.8) is 0 Å². The standard InChI is InChI=1S/C14H16N2O4/c1-9(7-8-15)11(14(19)20)16-13(18)12(17)10-5-3-2-4-6-10/h2-6,9,11-12,17H,7H2,1H3,(H,16,18)(H,19,20)/t9-,11-,12+/m1/s1. The second-order valence-corrected chi connectivity index (χ2v) is 4.48. The Morgan fingerprint density at radius 3 is 2.45 bits per heavy atom. The van der Waals surface area contributed by atoms with E-state index >= 15 is 0 Å². The lowest BCUT2D eigenvalue weighted by atomic mass is 9.98. The van der Waals surface area contributed by atoms with Gasteiger partial charge in [0.1, 0.15) is 6.04 Å². The van der Waals surface area contributed by atoms with E-state index in [9.17, 15) is 14.7 Å². The molecule has 0 bridgehead atoms. The van der Waals surface area contributed by atoms with Gasteiger partial charge in [0.15, 0.2) is 6.10 Å². The largest absolute Gasteiger partial charge is 0.480 e. The molecule has 106 valence electrons. The SMILES string of the molecule is C[C@H](CC#N)[C@@H](NC(=O)[C@@H](O)c1ccccc1)C(=O)O. The number of carbonyl (C=O) groups is 2. The van der Waals surface area contributed by atoms with Crippen molar-refractivity contribution in [2.24, 2.45) is 5.92 Å². The molecule has 0 unspecified atom stereocenters. The number of carboxylic acid groups (broad SMARTS) is 1. The summed E-state index contributed by atoms with van der Waals surface area (Å²) in [5.74, 6) is -2.58. The van der Waals surface area contributed by atoms with Crippen LogP contribution in [-0.2, 0) is 9.59 Å². The van der Waals surface area contributed by atoms with Gasteiger partial charge in [0.25, 0.3) is 5.91 Å². The number of carbonyl (C=O) groups excluding carboxylic acids is 1. The van der Waals surface area contributed by atoms with Gasteiger partial charge < -0.3 is 15.5 Å². The highest BCUT2D eigenvalue weighted by atomic mass is 16.4. The fraction of sp³-hybridized carbons (Fsp3) is 0.357. The van der Waals surface area contributed by atoms with Crippen LogP contribution in [0.25, 0.3) is 0 Å². The molecule has 0 aliphatic carbocycles. The predicted octanol–water partition coefficient (Wildman–Crippen LogP) is 0.839. The molecule has 1 aromatic rings. The molecule has 0 saturated carbocycles. The third kappa shape index (κ3) is 4.07. The second-order valence-electron chi connectivity index (χ2n) is 4.48. The minimum absolute atomic E-state index is 0.00131. The molecular formula is C14H16N2O4. The molecule has 1 rings (SSSR count). The summed E-state index contributed by atoms with van der Waals surface area (Å²) in [6, 6.07) is 8.86. The molecule has 1 aromatic carbocycles. The first-order valence-corrected chi connectivity index (χ1v) is 6.10. The Bertz CT molecular complexity index is 510. The van der Waals surface area contributed by atoms with E-state index in [0.717, 1.165) is 0 Å². The molecule has 3 N–H and O–H groups in total. The van der Waals surface area contributed by atoms with E-state index in [1.165, 1.54) is 0 Å². The molecule has 0 saturated heterocycles. The van der Waals surface area contributed by atoms with Crippen molar-refractivity contribution in [2.75, 3.05) is 0 Å². The number of nitriles is 1. The first kappa shape index (κ1) is 15.7. The summed E-state index contributed by atoms with van der Waals surface area (Å²) in [6.07, 6.45) is -1.44. The molecule has 0 radical (unpaired) electrons. The van der Waals surface area contributed by atoms with Gasteiger partial charge >= 0.3 is 5.97 Å². The third-order valence-corrected chi connectivity index (χ3v) is 2.91. The van der Waals surface area contributed by atoms with E-state index in [-0.39, 0.29) is 6.42 Å². The second kappa shape index (κ2) is 7.26. The number of rotatable bonds is 6. The normalized spacial score (nSPS) is 14.7. The molecule has 3 atom stereocenters. The van der Waals surface area contributed by atoms with Crippen LogP contribution in [0, 0.1) is 17.2 Å². The summed E-state index contributed by atoms with van der Waals surface area (Å²) in [4.78, 5) is 23.0. The van der Waals surface area contributed by atoms with Crippen LogP contribution in [-0.4, -0.2) is 28.1 Å². The zero-order valence-electron chi connectivity index (χ0n) is 11.0. The number of amides is 1. The Morgan fingerprint density at radius 2 is 1.95 bits per heavy atom. The van der Waals surface area contributed by atoms with Gasteiger partial charge in [-0.05, 0) is 5.56 Å². The van der Waals surface area contributed by atoms with Crippen LogP contribution in [0.15, 0.2) is 30.3 Å². The number of carboxylic acids is 1. The van der Waals surface area contributed by atoms with Gasteiger partial charge in [0.05, 0.1) is 6.07 Å². The maximum absolute atomic E-state index is 11.9. The third-order valence-electron chi connectivity index (χ3n) is 2.91. The molecule has 0 aliphatic heterocycles. The van der Waals surface area contributed by atoms with E-state index in [0.29, 0.717) is 5.56 Å². The summed E-state index contributed by atoms with van der Waals surface area (Å²) >= 11 is 0. The molecule has 0 aromatic heterocycles. The van der Waals surface area contributed by atoms with Crippen LogP contribution in [0.1, 0.15) is 25.0 Å². The van der Waals surface area contributed by atoms with Crippen molar-refractivity contribution in [3.8, 4) is 6.07 Å². The first-order valence-electron chi connectivity index (χ1n) is 6.10. The van der Waals surface area contributed by atoms with Gasteiger partial charge in [-0.15, -0.1) is 0 Å². The average Bonchev–Trinajstić information content (AvgIpc) is 2.44. The topological polar surface area (TPSA) is 110 Å². The Hall–Kier alpha value is -2.39. The van der Waals surface area contributed by atoms with Crippen molar-refractivity contribution in [1.82, 2.24) is 5.32 Å². The molecule has 6 nitrogen and oxygen atoms in total. The highest BCUT2D eigenvalue weighted by Crippen LogP contribution is 2.14. The predicted molar refractivity (Wildman–Crippen MR) is 70.4 cm³/mol. The van der Waals surface area contributed by atoms with Gasteiger partial charge in [-0.25, -0.2) is 4.79 Å². The number of nitrogens with zero attached hydrogens (tertiary/aromatic N) is 1. The van der Waals surface area contributed by atoms with Crippen molar-refractivity contribution in [2.45, 2.75) is 25.5 Å². The fourth-order valence-electron chi connectivity index (χ4n) is 1.73. The number of hydrogen-bond acceptors (Lipinski definition) is 4. The molecular weight excluding hydrogens is 260 g/mol. The van der Waals surface area contributed by atoms with Crippen molar-refractivity contribution < 1.29 is 19.8 Å². The summed E-state index contributed by atoms with van der Waals surface area (Å²) in [7, 11) is 0. The summed E-state index contributed by atoms with van der Waals surface area (Å²) in [5, 5.41) is 29.8. The van der Waals surface area contributed by atoms with E-state index in [2.05, 4.69) is 5.32 Å². The minimum atomic E-state index is -1.44.